The van der Waals surface area contributed by atoms with Crippen LogP contribution in [0.1, 0.15) is 27.9 Å². The summed E-state index contributed by atoms with van der Waals surface area (Å²) in [4.78, 5) is 41.0. The molecule has 0 spiro atoms. The third-order valence-electron chi connectivity index (χ3n) is 4.64. The average molecular weight is 373 g/mol. The third-order valence-corrected chi connectivity index (χ3v) is 4.64. The zero-order valence-electron chi connectivity index (χ0n) is 15.5. The molecule has 1 unspecified atom stereocenters. The second-order valence-electron chi connectivity index (χ2n) is 6.56. The quantitative estimate of drug-likeness (QED) is 0.596. The minimum atomic E-state index is -0.894. The Kier molecular flexibility index (Phi) is 5.37. The molecule has 1 heterocycles. The predicted molar refractivity (Wildman–Crippen MR) is 104 cm³/mol. The molecule has 3 rings (SSSR count). The van der Waals surface area contributed by atoms with Crippen LogP contribution in [0.15, 0.2) is 61.2 Å². The van der Waals surface area contributed by atoms with Gasteiger partial charge in [0.05, 0.1) is 23.7 Å². The molecule has 0 saturated carbocycles. The van der Waals surface area contributed by atoms with Crippen molar-refractivity contribution in [2.45, 2.75) is 19.4 Å². The van der Waals surface area contributed by atoms with Crippen LogP contribution in [0.2, 0.25) is 0 Å². The SMILES string of the molecule is C=CCN(C(=O)c1ccc(C)cc1)C1CC(=O)N(c2ccc(C#N)cc2)C1=O. The van der Waals surface area contributed by atoms with E-state index in [9.17, 15) is 14.4 Å². The summed E-state index contributed by atoms with van der Waals surface area (Å²) >= 11 is 0. The third kappa shape index (κ3) is 3.55. The van der Waals surface area contributed by atoms with Gasteiger partial charge >= 0.3 is 0 Å². The standard InChI is InChI=1S/C22H19N3O3/c1-3-12-24(21(27)17-8-4-15(2)5-9-17)19-13-20(26)25(22(19)28)18-10-6-16(14-23)7-11-18/h3-11,19H,1,12-13H2,2H3. The molecule has 140 valence electrons. The maximum Gasteiger partial charge on any atom is 0.257 e. The number of aryl methyl sites for hydroxylation is 1. The first-order chi connectivity index (χ1) is 13.5. The van der Waals surface area contributed by atoms with Crippen molar-refractivity contribution in [3.63, 3.8) is 0 Å². The zero-order chi connectivity index (χ0) is 20.3. The highest BCUT2D eigenvalue weighted by molar-refractivity contribution is 6.23. The minimum absolute atomic E-state index is 0.0930. The fraction of sp³-hybridized carbons (Fsp3) is 0.182. The van der Waals surface area contributed by atoms with E-state index in [1.807, 2.05) is 25.1 Å². The topological polar surface area (TPSA) is 81.5 Å². The van der Waals surface area contributed by atoms with Gasteiger partial charge in [0, 0.05) is 12.1 Å². The first-order valence-electron chi connectivity index (χ1n) is 8.81. The number of rotatable bonds is 5. The fourth-order valence-electron chi connectivity index (χ4n) is 3.17. The van der Waals surface area contributed by atoms with Crippen LogP contribution in [0.5, 0.6) is 0 Å². The van der Waals surface area contributed by atoms with E-state index in [2.05, 4.69) is 6.58 Å². The number of imide groups is 1. The second kappa shape index (κ2) is 7.89. The molecule has 2 aromatic rings. The van der Waals surface area contributed by atoms with Crippen LogP contribution in [-0.4, -0.2) is 35.2 Å². The van der Waals surface area contributed by atoms with Gasteiger partial charge in [-0.05, 0) is 43.3 Å². The lowest BCUT2D eigenvalue weighted by Gasteiger charge is -2.26. The van der Waals surface area contributed by atoms with Crippen molar-refractivity contribution in [3.05, 3.63) is 77.9 Å². The number of nitrogens with zero attached hydrogens (tertiary/aromatic N) is 3. The van der Waals surface area contributed by atoms with Crippen LogP contribution in [0.3, 0.4) is 0 Å². The minimum Gasteiger partial charge on any atom is -0.322 e. The van der Waals surface area contributed by atoms with Crippen LogP contribution in [-0.2, 0) is 9.59 Å². The van der Waals surface area contributed by atoms with Crippen LogP contribution in [0.25, 0.3) is 0 Å². The molecule has 3 amide bonds. The Hall–Kier alpha value is -3.72. The summed E-state index contributed by atoms with van der Waals surface area (Å²) in [5.74, 6) is -1.17. The van der Waals surface area contributed by atoms with Gasteiger partial charge in [0.1, 0.15) is 6.04 Å². The van der Waals surface area contributed by atoms with Gasteiger partial charge in [0.15, 0.2) is 0 Å². The molecule has 1 aliphatic heterocycles. The second-order valence-corrected chi connectivity index (χ2v) is 6.56. The number of anilines is 1. The van der Waals surface area contributed by atoms with Crippen LogP contribution < -0.4 is 4.90 Å². The Labute approximate surface area is 163 Å². The summed E-state index contributed by atoms with van der Waals surface area (Å²) in [5, 5.41) is 8.91. The van der Waals surface area contributed by atoms with Crippen LogP contribution in [0.4, 0.5) is 5.69 Å². The molecule has 0 radical (unpaired) electrons. The van der Waals surface area contributed by atoms with E-state index >= 15 is 0 Å². The molecule has 1 saturated heterocycles. The summed E-state index contributed by atoms with van der Waals surface area (Å²) in [7, 11) is 0. The molecule has 2 aromatic carbocycles. The summed E-state index contributed by atoms with van der Waals surface area (Å²) in [6.45, 7) is 5.74. The highest BCUT2D eigenvalue weighted by Crippen LogP contribution is 2.27. The van der Waals surface area contributed by atoms with E-state index in [1.165, 1.54) is 11.0 Å². The average Bonchev–Trinajstić information content (AvgIpc) is 3.00. The summed E-state index contributed by atoms with van der Waals surface area (Å²) in [6.07, 6.45) is 1.44. The lowest BCUT2D eigenvalue weighted by atomic mass is 10.1. The van der Waals surface area contributed by atoms with Gasteiger partial charge in [-0.15, -0.1) is 6.58 Å². The molecule has 1 atom stereocenters. The van der Waals surface area contributed by atoms with Gasteiger partial charge in [0.2, 0.25) is 5.91 Å². The molecule has 28 heavy (non-hydrogen) atoms. The Balaban J connectivity index is 1.89. The number of hydrogen-bond donors (Lipinski definition) is 0. The largest absolute Gasteiger partial charge is 0.322 e. The van der Waals surface area contributed by atoms with Crippen molar-refractivity contribution in [2.75, 3.05) is 11.4 Å². The number of carbonyl (C=O) groups is 3. The van der Waals surface area contributed by atoms with E-state index in [0.717, 1.165) is 10.5 Å². The lowest BCUT2D eigenvalue weighted by Crippen LogP contribution is -2.45. The van der Waals surface area contributed by atoms with Crippen molar-refractivity contribution in [1.29, 1.82) is 5.26 Å². The molecule has 0 aromatic heterocycles. The van der Waals surface area contributed by atoms with Gasteiger partial charge in [0.25, 0.3) is 11.8 Å². The van der Waals surface area contributed by atoms with Crippen molar-refractivity contribution < 1.29 is 14.4 Å². The van der Waals surface area contributed by atoms with Gasteiger partial charge < -0.3 is 4.90 Å². The molecule has 0 bridgehead atoms. The zero-order valence-corrected chi connectivity index (χ0v) is 15.5. The van der Waals surface area contributed by atoms with E-state index in [4.69, 9.17) is 5.26 Å². The predicted octanol–water partition coefficient (Wildman–Crippen LogP) is 2.83. The number of nitriles is 1. The van der Waals surface area contributed by atoms with E-state index in [1.54, 1.807) is 36.4 Å². The molecule has 6 nitrogen and oxygen atoms in total. The smallest absolute Gasteiger partial charge is 0.257 e. The van der Waals surface area contributed by atoms with Crippen molar-refractivity contribution in [2.24, 2.45) is 0 Å². The first kappa shape index (κ1) is 19.1. The molecular formula is C22H19N3O3. The van der Waals surface area contributed by atoms with Gasteiger partial charge in [-0.2, -0.15) is 5.26 Å². The molecular weight excluding hydrogens is 354 g/mol. The molecule has 1 fully saturated rings. The Bertz CT molecular complexity index is 972. The molecule has 6 heteroatoms. The maximum absolute atomic E-state index is 13.0. The summed E-state index contributed by atoms with van der Waals surface area (Å²) in [6, 6.07) is 14.3. The molecule has 0 aliphatic carbocycles. The normalized spacial score (nSPS) is 16.0. The van der Waals surface area contributed by atoms with Crippen LogP contribution >= 0.6 is 0 Å². The lowest BCUT2D eigenvalue weighted by molar-refractivity contribution is -0.122. The molecule has 1 aliphatic rings. The molecule has 0 N–H and O–H groups in total. The van der Waals surface area contributed by atoms with Gasteiger partial charge in [-0.3, -0.25) is 14.4 Å². The van der Waals surface area contributed by atoms with Crippen molar-refractivity contribution in [1.82, 2.24) is 4.90 Å². The monoisotopic (exact) mass is 373 g/mol. The fourth-order valence-corrected chi connectivity index (χ4v) is 3.17. The van der Waals surface area contributed by atoms with E-state index in [-0.39, 0.29) is 24.8 Å². The van der Waals surface area contributed by atoms with Crippen molar-refractivity contribution in [3.8, 4) is 6.07 Å². The first-order valence-corrected chi connectivity index (χ1v) is 8.81. The van der Waals surface area contributed by atoms with E-state index in [0.29, 0.717) is 16.8 Å². The number of hydrogen-bond acceptors (Lipinski definition) is 4. The van der Waals surface area contributed by atoms with Gasteiger partial charge in [-0.1, -0.05) is 23.8 Å². The summed E-state index contributed by atoms with van der Waals surface area (Å²) in [5.41, 5.74) is 2.29. The Morgan fingerprint density at radius 3 is 2.43 bits per heavy atom. The van der Waals surface area contributed by atoms with E-state index < -0.39 is 11.9 Å². The number of benzene rings is 2. The number of amides is 3. The Morgan fingerprint density at radius 2 is 1.86 bits per heavy atom. The van der Waals surface area contributed by atoms with Crippen molar-refractivity contribution >= 4 is 23.4 Å². The highest BCUT2D eigenvalue weighted by atomic mass is 16.2. The van der Waals surface area contributed by atoms with Crippen LogP contribution in [0, 0.1) is 18.3 Å². The van der Waals surface area contributed by atoms with Gasteiger partial charge in [-0.25, -0.2) is 4.90 Å². The highest BCUT2D eigenvalue weighted by Gasteiger charge is 2.44. The number of carbonyl (C=O) groups excluding carboxylic acids is 3. The maximum atomic E-state index is 13.0. The summed E-state index contributed by atoms with van der Waals surface area (Å²) < 4.78 is 0. The Morgan fingerprint density at radius 1 is 1.21 bits per heavy atom.